The van der Waals surface area contributed by atoms with Crippen LogP contribution in [0.4, 0.5) is 10.1 Å². The molecular weight excluding hydrogens is 243 g/mol. The average molecular weight is 266 g/mol. The highest BCUT2D eigenvalue weighted by atomic mass is 19.1. The second-order valence-corrected chi connectivity index (χ2v) is 5.95. The van der Waals surface area contributed by atoms with Gasteiger partial charge < -0.3 is 15.4 Å². The molecule has 0 aromatic heterocycles. The summed E-state index contributed by atoms with van der Waals surface area (Å²) in [5.74, 6) is -0.173. The summed E-state index contributed by atoms with van der Waals surface area (Å²) in [5, 5.41) is 0. The average Bonchev–Trinajstić information content (AvgIpc) is 2.29. The van der Waals surface area contributed by atoms with Gasteiger partial charge in [0.1, 0.15) is 5.82 Å². The van der Waals surface area contributed by atoms with Crippen molar-refractivity contribution >= 4 is 5.69 Å². The van der Waals surface area contributed by atoms with Crippen LogP contribution in [0.2, 0.25) is 0 Å². The molecule has 1 heterocycles. The summed E-state index contributed by atoms with van der Waals surface area (Å²) in [4.78, 5) is 2.11. The molecule has 1 aromatic rings. The fraction of sp³-hybridized carbons (Fsp3) is 0.600. The second-order valence-electron chi connectivity index (χ2n) is 5.95. The summed E-state index contributed by atoms with van der Waals surface area (Å²) in [5.41, 5.74) is 7.34. The van der Waals surface area contributed by atoms with E-state index in [-0.39, 0.29) is 17.4 Å². The molecule has 19 heavy (non-hydrogen) atoms. The van der Waals surface area contributed by atoms with Gasteiger partial charge in [-0.15, -0.1) is 0 Å². The molecule has 1 fully saturated rings. The van der Waals surface area contributed by atoms with Gasteiger partial charge in [-0.2, -0.15) is 0 Å². The van der Waals surface area contributed by atoms with Crippen LogP contribution in [0.5, 0.6) is 0 Å². The third kappa shape index (κ3) is 3.07. The standard InChI is InChI=1S/C15H23FN2O/c1-11(17)9-12-5-4-6-13(16)14(12)18-7-8-19-10-15(18,2)3/h4-6,11H,7-10,17H2,1-3H3. The quantitative estimate of drug-likeness (QED) is 0.912. The Kier molecular flexibility index (Phi) is 4.11. The van der Waals surface area contributed by atoms with E-state index in [1.54, 1.807) is 6.07 Å². The Morgan fingerprint density at radius 1 is 1.47 bits per heavy atom. The van der Waals surface area contributed by atoms with Crippen LogP contribution in [0.3, 0.4) is 0 Å². The zero-order valence-electron chi connectivity index (χ0n) is 11.9. The summed E-state index contributed by atoms with van der Waals surface area (Å²) in [6.45, 7) is 8.05. The van der Waals surface area contributed by atoms with Gasteiger partial charge in [0, 0.05) is 12.6 Å². The minimum Gasteiger partial charge on any atom is -0.377 e. The Morgan fingerprint density at radius 2 is 2.21 bits per heavy atom. The molecule has 0 spiro atoms. The van der Waals surface area contributed by atoms with E-state index < -0.39 is 0 Å². The van der Waals surface area contributed by atoms with Crippen molar-refractivity contribution in [3.05, 3.63) is 29.6 Å². The summed E-state index contributed by atoms with van der Waals surface area (Å²) >= 11 is 0. The van der Waals surface area contributed by atoms with Crippen molar-refractivity contribution in [2.45, 2.75) is 38.8 Å². The third-order valence-electron chi connectivity index (χ3n) is 3.53. The molecule has 0 aliphatic carbocycles. The molecule has 0 saturated carbocycles. The van der Waals surface area contributed by atoms with E-state index in [9.17, 15) is 4.39 Å². The number of morpholine rings is 1. The van der Waals surface area contributed by atoms with Crippen molar-refractivity contribution in [2.24, 2.45) is 5.73 Å². The lowest BCUT2D eigenvalue weighted by Crippen LogP contribution is -2.54. The lowest BCUT2D eigenvalue weighted by Gasteiger charge is -2.44. The lowest BCUT2D eigenvalue weighted by atomic mass is 9.97. The predicted octanol–water partition coefficient (Wildman–Crippen LogP) is 2.33. The smallest absolute Gasteiger partial charge is 0.146 e. The molecule has 2 rings (SSSR count). The molecule has 1 aliphatic rings. The van der Waals surface area contributed by atoms with Gasteiger partial charge in [0.15, 0.2) is 0 Å². The summed E-state index contributed by atoms with van der Waals surface area (Å²) in [7, 11) is 0. The van der Waals surface area contributed by atoms with Gasteiger partial charge in [0.25, 0.3) is 0 Å². The largest absolute Gasteiger partial charge is 0.377 e. The van der Waals surface area contributed by atoms with Crippen molar-refractivity contribution in [1.82, 2.24) is 0 Å². The molecule has 0 bridgehead atoms. The Morgan fingerprint density at radius 3 is 2.84 bits per heavy atom. The highest BCUT2D eigenvalue weighted by molar-refractivity contribution is 5.57. The highest BCUT2D eigenvalue weighted by Crippen LogP contribution is 2.32. The van der Waals surface area contributed by atoms with Crippen LogP contribution >= 0.6 is 0 Å². The van der Waals surface area contributed by atoms with Crippen LogP contribution in [0.25, 0.3) is 0 Å². The van der Waals surface area contributed by atoms with Crippen LogP contribution in [-0.2, 0) is 11.2 Å². The zero-order chi connectivity index (χ0) is 14.0. The number of nitrogens with zero attached hydrogens (tertiary/aromatic N) is 1. The fourth-order valence-electron chi connectivity index (χ4n) is 2.65. The van der Waals surface area contributed by atoms with Crippen molar-refractivity contribution < 1.29 is 9.13 Å². The van der Waals surface area contributed by atoms with Crippen LogP contribution in [0.15, 0.2) is 18.2 Å². The molecule has 1 aliphatic heterocycles. The van der Waals surface area contributed by atoms with Gasteiger partial charge in [-0.1, -0.05) is 12.1 Å². The Balaban J connectivity index is 2.42. The van der Waals surface area contributed by atoms with Crippen LogP contribution in [0.1, 0.15) is 26.3 Å². The maximum atomic E-state index is 14.3. The Labute approximate surface area is 114 Å². The Hall–Kier alpha value is -1.13. The van der Waals surface area contributed by atoms with E-state index in [2.05, 4.69) is 18.7 Å². The molecule has 106 valence electrons. The first-order valence-electron chi connectivity index (χ1n) is 6.80. The van der Waals surface area contributed by atoms with Gasteiger partial charge in [-0.3, -0.25) is 0 Å². The van der Waals surface area contributed by atoms with Gasteiger partial charge in [0.2, 0.25) is 0 Å². The monoisotopic (exact) mass is 266 g/mol. The van der Waals surface area contributed by atoms with Crippen molar-refractivity contribution in [3.8, 4) is 0 Å². The van der Waals surface area contributed by atoms with Crippen molar-refractivity contribution in [3.63, 3.8) is 0 Å². The molecule has 0 radical (unpaired) electrons. The van der Waals surface area contributed by atoms with E-state index >= 15 is 0 Å². The molecule has 4 heteroatoms. The van der Waals surface area contributed by atoms with Gasteiger partial charge >= 0.3 is 0 Å². The van der Waals surface area contributed by atoms with Gasteiger partial charge in [0.05, 0.1) is 24.4 Å². The minimum atomic E-state index is -0.201. The number of hydrogen-bond donors (Lipinski definition) is 1. The van der Waals surface area contributed by atoms with Crippen molar-refractivity contribution in [2.75, 3.05) is 24.7 Å². The van der Waals surface area contributed by atoms with E-state index in [1.165, 1.54) is 6.07 Å². The number of nitrogens with two attached hydrogens (primary N) is 1. The number of halogens is 1. The Bertz CT molecular complexity index is 446. The van der Waals surface area contributed by atoms with Crippen LogP contribution in [-0.4, -0.2) is 31.3 Å². The number of para-hydroxylation sites is 1. The molecule has 1 saturated heterocycles. The normalized spacial score (nSPS) is 20.4. The highest BCUT2D eigenvalue weighted by Gasteiger charge is 2.33. The molecule has 0 amide bonds. The lowest BCUT2D eigenvalue weighted by molar-refractivity contribution is 0.0639. The first kappa shape index (κ1) is 14.3. The zero-order valence-corrected chi connectivity index (χ0v) is 11.9. The van der Waals surface area contributed by atoms with E-state index in [0.717, 1.165) is 5.56 Å². The third-order valence-corrected chi connectivity index (χ3v) is 3.53. The SMILES string of the molecule is CC(N)Cc1cccc(F)c1N1CCOCC1(C)C. The number of ether oxygens (including phenoxy) is 1. The maximum absolute atomic E-state index is 14.3. The minimum absolute atomic E-state index is 0.0182. The molecule has 2 N–H and O–H groups in total. The van der Waals surface area contributed by atoms with Gasteiger partial charge in [-0.25, -0.2) is 4.39 Å². The number of benzene rings is 1. The van der Waals surface area contributed by atoms with Gasteiger partial charge in [-0.05, 0) is 38.8 Å². The molecule has 1 atom stereocenters. The summed E-state index contributed by atoms with van der Waals surface area (Å²) in [6, 6.07) is 5.26. The van der Waals surface area contributed by atoms with Crippen LogP contribution < -0.4 is 10.6 Å². The van der Waals surface area contributed by atoms with E-state index in [1.807, 2.05) is 13.0 Å². The fourth-order valence-corrected chi connectivity index (χ4v) is 2.65. The summed E-state index contributed by atoms with van der Waals surface area (Å²) in [6.07, 6.45) is 0.681. The first-order valence-corrected chi connectivity index (χ1v) is 6.80. The molecule has 1 aromatic carbocycles. The number of anilines is 1. The number of hydrogen-bond acceptors (Lipinski definition) is 3. The second kappa shape index (κ2) is 5.47. The first-order chi connectivity index (χ1) is 8.92. The maximum Gasteiger partial charge on any atom is 0.146 e. The molecule has 1 unspecified atom stereocenters. The number of rotatable bonds is 3. The summed E-state index contributed by atoms with van der Waals surface area (Å²) < 4.78 is 19.8. The topological polar surface area (TPSA) is 38.5 Å². The van der Waals surface area contributed by atoms with Crippen LogP contribution in [0, 0.1) is 5.82 Å². The van der Waals surface area contributed by atoms with E-state index in [0.29, 0.717) is 31.9 Å². The van der Waals surface area contributed by atoms with E-state index in [4.69, 9.17) is 10.5 Å². The molecule has 3 nitrogen and oxygen atoms in total. The predicted molar refractivity (Wildman–Crippen MR) is 76.0 cm³/mol. The van der Waals surface area contributed by atoms with Crippen molar-refractivity contribution in [1.29, 1.82) is 0 Å². The molecular formula is C15H23FN2O.